The average molecular weight is 320 g/mol. The molecule has 0 unspecified atom stereocenters. The quantitative estimate of drug-likeness (QED) is 0.790. The zero-order chi connectivity index (χ0) is 16.1. The monoisotopic (exact) mass is 320 g/mol. The van der Waals surface area contributed by atoms with Gasteiger partial charge in [0.15, 0.2) is 0 Å². The van der Waals surface area contributed by atoms with Gasteiger partial charge in [-0.05, 0) is 43.8 Å². The summed E-state index contributed by atoms with van der Waals surface area (Å²) in [6, 6.07) is 2.25. The third kappa shape index (κ3) is 3.82. The van der Waals surface area contributed by atoms with Gasteiger partial charge < -0.3 is 19.3 Å². The van der Waals surface area contributed by atoms with Gasteiger partial charge in [0.1, 0.15) is 0 Å². The van der Waals surface area contributed by atoms with Crippen molar-refractivity contribution in [1.82, 2.24) is 14.9 Å². The standard InChI is InChI=1S/C17H28N4O2/c1-22-11-10-20-8-4-17(5-9-20)12-15(13-23-2)21(14-17)16-18-6-3-7-19-16/h3,6-7,15H,4-5,8-14H2,1-2H3/t15-/m0/s1. The predicted molar refractivity (Wildman–Crippen MR) is 89.6 cm³/mol. The van der Waals surface area contributed by atoms with Crippen LogP contribution >= 0.6 is 0 Å². The summed E-state index contributed by atoms with van der Waals surface area (Å²) in [6.07, 6.45) is 7.30. The Kier molecular flexibility index (Phi) is 5.46. The van der Waals surface area contributed by atoms with E-state index < -0.39 is 0 Å². The number of ether oxygens (including phenoxy) is 2. The molecule has 1 aromatic heterocycles. The van der Waals surface area contributed by atoms with Crippen LogP contribution in [-0.4, -0.2) is 74.5 Å². The maximum absolute atomic E-state index is 5.46. The highest BCUT2D eigenvalue weighted by molar-refractivity contribution is 5.35. The maximum atomic E-state index is 5.46. The van der Waals surface area contributed by atoms with Gasteiger partial charge in [0.25, 0.3) is 0 Å². The van der Waals surface area contributed by atoms with Crippen molar-refractivity contribution in [2.24, 2.45) is 5.41 Å². The van der Waals surface area contributed by atoms with E-state index in [4.69, 9.17) is 9.47 Å². The molecule has 2 saturated heterocycles. The number of likely N-dealkylation sites (tertiary alicyclic amines) is 1. The molecule has 2 fully saturated rings. The van der Waals surface area contributed by atoms with Crippen LogP contribution in [0.3, 0.4) is 0 Å². The molecule has 0 aromatic carbocycles. The molecule has 0 saturated carbocycles. The molecule has 0 radical (unpaired) electrons. The molecular weight excluding hydrogens is 292 g/mol. The summed E-state index contributed by atoms with van der Waals surface area (Å²) in [6.45, 7) is 5.97. The Morgan fingerprint density at radius 2 is 1.91 bits per heavy atom. The molecule has 1 atom stereocenters. The molecule has 6 heteroatoms. The molecule has 6 nitrogen and oxygen atoms in total. The number of hydrogen-bond donors (Lipinski definition) is 0. The van der Waals surface area contributed by atoms with Crippen LogP contribution < -0.4 is 4.90 Å². The van der Waals surface area contributed by atoms with Crippen LogP contribution in [0.4, 0.5) is 5.95 Å². The van der Waals surface area contributed by atoms with Crippen molar-refractivity contribution in [3.8, 4) is 0 Å². The minimum Gasteiger partial charge on any atom is -0.383 e. The Morgan fingerprint density at radius 1 is 1.17 bits per heavy atom. The molecule has 0 aliphatic carbocycles. The highest BCUT2D eigenvalue weighted by Gasteiger charge is 2.46. The normalized spacial score (nSPS) is 24.4. The molecule has 2 aliphatic rings. The third-order valence-corrected chi connectivity index (χ3v) is 5.31. The van der Waals surface area contributed by atoms with E-state index in [9.17, 15) is 0 Å². The van der Waals surface area contributed by atoms with E-state index in [1.165, 1.54) is 19.3 Å². The second-order valence-corrected chi connectivity index (χ2v) is 6.82. The van der Waals surface area contributed by atoms with Gasteiger partial charge in [-0.1, -0.05) is 0 Å². The minimum atomic E-state index is 0.381. The van der Waals surface area contributed by atoms with Gasteiger partial charge in [-0.25, -0.2) is 9.97 Å². The summed E-state index contributed by atoms with van der Waals surface area (Å²) >= 11 is 0. The summed E-state index contributed by atoms with van der Waals surface area (Å²) in [5.41, 5.74) is 0.381. The number of aromatic nitrogens is 2. The van der Waals surface area contributed by atoms with Crippen LogP contribution in [0.2, 0.25) is 0 Å². The lowest BCUT2D eigenvalue weighted by atomic mass is 9.76. The number of piperidine rings is 1. The molecule has 0 amide bonds. The van der Waals surface area contributed by atoms with Crippen molar-refractivity contribution < 1.29 is 9.47 Å². The lowest BCUT2D eigenvalue weighted by Gasteiger charge is -2.39. The Bertz CT molecular complexity index is 477. The number of methoxy groups -OCH3 is 2. The third-order valence-electron chi connectivity index (χ3n) is 5.31. The first-order valence-corrected chi connectivity index (χ1v) is 8.50. The van der Waals surface area contributed by atoms with E-state index in [1.54, 1.807) is 14.2 Å². The minimum absolute atomic E-state index is 0.381. The molecule has 3 rings (SSSR count). The van der Waals surface area contributed by atoms with Crippen LogP contribution in [0, 0.1) is 5.41 Å². The van der Waals surface area contributed by atoms with Crippen LogP contribution in [0.25, 0.3) is 0 Å². The summed E-state index contributed by atoms with van der Waals surface area (Å²) in [5.74, 6) is 0.841. The SMILES string of the molecule is COCCN1CCC2(CC1)C[C@@H](COC)N(c1ncccn1)C2. The van der Waals surface area contributed by atoms with Crippen LogP contribution in [0.15, 0.2) is 18.5 Å². The molecule has 128 valence electrons. The van der Waals surface area contributed by atoms with Crippen molar-refractivity contribution in [3.05, 3.63) is 18.5 Å². The second kappa shape index (κ2) is 7.55. The summed E-state index contributed by atoms with van der Waals surface area (Å²) in [4.78, 5) is 13.8. The van der Waals surface area contributed by atoms with E-state index in [0.29, 0.717) is 11.5 Å². The Labute approximate surface area is 138 Å². The summed E-state index contributed by atoms with van der Waals surface area (Å²) in [5, 5.41) is 0. The fraction of sp³-hybridized carbons (Fsp3) is 0.765. The van der Waals surface area contributed by atoms with Gasteiger partial charge in [-0.2, -0.15) is 0 Å². The lowest BCUT2D eigenvalue weighted by Crippen LogP contribution is -2.42. The summed E-state index contributed by atoms with van der Waals surface area (Å²) < 4.78 is 10.7. The number of nitrogens with zero attached hydrogens (tertiary/aromatic N) is 4. The van der Waals surface area contributed by atoms with Crippen molar-refractivity contribution in [2.75, 3.05) is 58.5 Å². The molecule has 3 heterocycles. The first-order valence-electron chi connectivity index (χ1n) is 8.50. The van der Waals surface area contributed by atoms with E-state index >= 15 is 0 Å². The van der Waals surface area contributed by atoms with Gasteiger partial charge in [0.05, 0.1) is 19.3 Å². The van der Waals surface area contributed by atoms with Crippen LogP contribution in [-0.2, 0) is 9.47 Å². The second-order valence-electron chi connectivity index (χ2n) is 6.82. The Hall–Kier alpha value is -1.24. The first kappa shape index (κ1) is 16.6. The van der Waals surface area contributed by atoms with Crippen LogP contribution in [0.1, 0.15) is 19.3 Å². The fourth-order valence-corrected chi connectivity index (χ4v) is 4.01. The smallest absolute Gasteiger partial charge is 0.225 e. The van der Waals surface area contributed by atoms with Crippen molar-refractivity contribution in [3.63, 3.8) is 0 Å². The Morgan fingerprint density at radius 3 is 2.57 bits per heavy atom. The van der Waals surface area contributed by atoms with Crippen molar-refractivity contribution in [2.45, 2.75) is 25.3 Å². The highest BCUT2D eigenvalue weighted by atomic mass is 16.5. The van der Waals surface area contributed by atoms with Gasteiger partial charge in [-0.15, -0.1) is 0 Å². The van der Waals surface area contributed by atoms with E-state index in [-0.39, 0.29) is 0 Å². The predicted octanol–water partition coefficient (Wildman–Crippen LogP) is 1.43. The lowest BCUT2D eigenvalue weighted by molar-refractivity contribution is 0.0837. The zero-order valence-corrected chi connectivity index (χ0v) is 14.3. The first-order chi connectivity index (χ1) is 11.3. The van der Waals surface area contributed by atoms with Crippen LogP contribution in [0.5, 0.6) is 0 Å². The number of anilines is 1. The molecular formula is C17H28N4O2. The molecule has 0 bridgehead atoms. The average Bonchev–Trinajstić information content (AvgIpc) is 2.94. The van der Waals surface area contributed by atoms with E-state index in [2.05, 4.69) is 19.8 Å². The van der Waals surface area contributed by atoms with E-state index in [1.807, 2.05) is 18.5 Å². The topological polar surface area (TPSA) is 50.7 Å². The molecule has 0 N–H and O–H groups in total. The van der Waals surface area contributed by atoms with Crippen molar-refractivity contribution in [1.29, 1.82) is 0 Å². The molecule has 23 heavy (non-hydrogen) atoms. The number of rotatable bonds is 6. The van der Waals surface area contributed by atoms with Gasteiger partial charge in [-0.3, -0.25) is 0 Å². The Balaban J connectivity index is 1.66. The molecule has 1 spiro atoms. The highest BCUT2D eigenvalue weighted by Crippen LogP contribution is 2.44. The maximum Gasteiger partial charge on any atom is 0.225 e. The van der Waals surface area contributed by atoms with Crippen molar-refractivity contribution >= 4 is 5.95 Å². The van der Waals surface area contributed by atoms with E-state index in [0.717, 1.165) is 45.3 Å². The fourth-order valence-electron chi connectivity index (χ4n) is 4.01. The molecule has 2 aliphatic heterocycles. The number of hydrogen-bond acceptors (Lipinski definition) is 6. The van der Waals surface area contributed by atoms with Gasteiger partial charge >= 0.3 is 0 Å². The zero-order valence-electron chi connectivity index (χ0n) is 14.3. The van der Waals surface area contributed by atoms with Gasteiger partial charge in [0.2, 0.25) is 5.95 Å². The van der Waals surface area contributed by atoms with Gasteiger partial charge in [0, 0.05) is 39.7 Å². The molecule has 1 aromatic rings. The summed E-state index contributed by atoms with van der Waals surface area (Å²) in [7, 11) is 3.55. The largest absolute Gasteiger partial charge is 0.383 e.